The van der Waals surface area contributed by atoms with Gasteiger partial charge in [0.05, 0.1) is 25.9 Å². The van der Waals surface area contributed by atoms with Crippen molar-refractivity contribution >= 4 is 29.7 Å². The van der Waals surface area contributed by atoms with Crippen molar-refractivity contribution in [1.82, 2.24) is 4.90 Å². The van der Waals surface area contributed by atoms with Crippen molar-refractivity contribution in [1.29, 1.82) is 0 Å². The summed E-state index contributed by atoms with van der Waals surface area (Å²) in [6.45, 7) is 1.15. The maximum atomic E-state index is 12.5. The van der Waals surface area contributed by atoms with E-state index < -0.39 is 4.22 Å². The Morgan fingerprint density at radius 1 is 1.50 bits per heavy atom. The standard InChI is InChI=1S/C11H13BBrNO2/c12-11(13)9(2-1-3-9)10(11)4-7-5-16-6-14(7)8(10)15/h7H,1-6H2/t7?,10-,11?/m1/s1. The molecule has 0 aromatic rings. The van der Waals surface area contributed by atoms with Crippen LogP contribution in [0.4, 0.5) is 0 Å². The summed E-state index contributed by atoms with van der Waals surface area (Å²) in [6.07, 6.45) is 4.29. The SMILES string of the molecule is [B]C1(Br)C2(CCC2)[C@]12CC1COCN1C2=O. The molecule has 3 nitrogen and oxygen atoms in total. The first-order chi connectivity index (χ1) is 7.57. The first-order valence-electron chi connectivity index (χ1n) is 5.93. The van der Waals surface area contributed by atoms with Gasteiger partial charge in [0, 0.05) is 4.22 Å². The van der Waals surface area contributed by atoms with Crippen LogP contribution in [0.2, 0.25) is 0 Å². The third kappa shape index (κ3) is 0.700. The van der Waals surface area contributed by atoms with Crippen molar-refractivity contribution in [2.45, 2.75) is 35.9 Å². The Labute approximate surface area is 104 Å². The number of hydrogen-bond donors (Lipinski definition) is 0. The van der Waals surface area contributed by atoms with Crippen LogP contribution in [0.25, 0.3) is 0 Å². The highest BCUT2D eigenvalue weighted by atomic mass is 79.9. The van der Waals surface area contributed by atoms with Gasteiger partial charge in [0.1, 0.15) is 6.73 Å². The average molecular weight is 282 g/mol. The minimum atomic E-state index is -0.452. The number of alkyl halides is 1. The first-order valence-corrected chi connectivity index (χ1v) is 6.73. The number of fused-ring (bicyclic) bond motifs is 2. The van der Waals surface area contributed by atoms with Crippen LogP contribution in [-0.2, 0) is 9.53 Å². The van der Waals surface area contributed by atoms with E-state index in [1.807, 2.05) is 4.90 Å². The maximum Gasteiger partial charge on any atom is 0.232 e. The van der Waals surface area contributed by atoms with E-state index in [2.05, 4.69) is 15.9 Å². The zero-order valence-corrected chi connectivity index (χ0v) is 10.6. The van der Waals surface area contributed by atoms with E-state index >= 15 is 0 Å². The minimum Gasteiger partial charge on any atom is -0.359 e. The largest absolute Gasteiger partial charge is 0.359 e. The molecule has 2 aliphatic carbocycles. The van der Waals surface area contributed by atoms with Crippen molar-refractivity contribution < 1.29 is 9.53 Å². The Hall–Kier alpha value is -0.0251. The summed E-state index contributed by atoms with van der Waals surface area (Å²) in [7, 11) is 6.37. The van der Waals surface area contributed by atoms with Crippen molar-refractivity contribution in [2.24, 2.45) is 10.8 Å². The lowest BCUT2D eigenvalue weighted by atomic mass is 9.72. The average Bonchev–Trinajstić information content (AvgIpc) is 2.54. The lowest BCUT2D eigenvalue weighted by Gasteiger charge is -2.31. The van der Waals surface area contributed by atoms with Gasteiger partial charge in [-0.1, -0.05) is 22.4 Å². The van der Waals surface area contributed by atoms with Crippen molar-refractivity contribution in [3.05, 3.63) is 0 Å². The van der Waals surface area contributed by atoms with Gasteiger partial charge in [-0.05, 0) is 24.7 Å². The van der Waals surface area contributed by atoms with Crippen LogP contribution in [-0.4, -0.2) is 42.3 Å². The van der Waals surface area contributed by atoms with Crippen molar-refractivity contribution in [2.75, 3.05) is 13.3 Å². The van der Waals surface area contributed by atoms with E-state index in [-0.39, 0.29) is 22.8 Å². The molecule has 2 spiro atoms. The molecule has 0 N–H and O–H groups in total. The Balaban J connectivity index is 1.77. The van der Waals surface area contributed by atoms with E-state index in [1.54, 1.807) is 0 Å². The van der Waals surface area contributed by atoms with E-state index in [4.69, 9.17) is 12.6 Å². The highest BCUT2D eigenvalue weighted by Crippen LogP contribution is 2.86. The smallest absolute Gasteiger partial charge is 0.232 e. The lowest BCUT2D eigenvalue weighted by molar-refractivity contribution is -0.135. The number of carbonyl (C=O) groups is 1. The quantitative estimate of drug-likeness (QED) is 0.490. The van der Waals surface area contributed by atoms with Gasteiger partial charge in [0.2, 0.25) is 5.91 Å². The van der Waals surface area contributed by atoms with E-state index in [0.717, 1.165) is 19.3 Å². The number of carbonyl (C=O) groups excluding carboxylic acids is 1. The first kappa shape index (κ1) is 9.95. The third-order valence-electron chi connectivity index (χ3n) is 5.43. The second-order valence-electron chi connectivity index (χ2n) is 5.69. The normalized spacial score (nSPS) is 52.2. The Morgan fingerprint density at radius 2 is 2.25 bits per heavy atom. The summed E-state index contributed by atoms with van der Waals surface area (Å²) >= 11 is 3.64. The molecule has 3 atom stereocenters. The molecule has 2 unspecified atom stereocenters. The fraction of sp³-hybridized carbons (Fsp3) is 0.909. The monoisotopic (exact) mass is 281 g/mol. The fourth-order valence-corrected chi connectivity index (χ4v) is 5.68. The molecule has 0 bridgehead atoms. The summed E-state index contributed by atoms with van der Waals surface area (Å²) < 4.78 is 4.89. The fourth-order valence-electron chi connectivity index (χ4n) is 4.34. The molecule has 1 amide bonds. The molecule has 2 saturated carbocycles. The summed E-state index contributed by atoms with van der Waals surface area (Å²) in [5.74, 6) is 0.231. The molecule has 16 heavy (non-hydrogen) atoms. The van der Waals surface area contributed by atoms with Gasteiger partial charge in [-0.15, -0.1) is 0 Å². The zero-order valence-electron chi connectivity index (χ0n) is 9.04. The minimum absolute atomic E-state index is 0.0570. The Morgan fingerprint density at radius 3 is 2.75 bits per heavy atom. The molecule has 2 saturated heterocycles. The second-order valence-corrected chi connectivity index (χ2v) is 6.94. The number of rotatable bonds is 0. The molecule has 4 aliphatic rings. The van der Waals surface area contributed by atoms with Crippen LogP contribution in [0, 0.1) is 10.8 Å². The molecule has 5 heteroatoms. The van der Waals surface area contributed by atoms with Crippen molar-refractivity contribution in [3.63, 3.8) is 0 Å². The van der Waals surface area contributed by atoms with Gasteiger partial charge in [0.25, 0.3) is 0 Å². The highest BCUT2D eigenvalue weighted by molar-refractivity contribution is 9.10. The topological polar surface area (TPSA) is 29.5 Å². The summed E-state index contributed by atoms with van der Waals surface area (Å²) in [6, 6.07) is 0.271. The summed E-state index contributed by atoms with van der Waals surface area (Å²) in [5.41, 5.74) is -0.256. The Bertz CT molecular complexity index is 395. The molecule has 84 valence electrons. The molecule has 4 rings (SSSR count). The van der Waals surface area contributed by atoms with Crippen molar-refractivity contribution in [3.8, 4) is 0 Å². The third-order valence-corrected chi connectivity index (χ3v) is 6.86. The van der Waals surface area contributed by atoms with Crippen LogP contribution in [0.5, 0.6) is 0 Å². The molecular weight excluding hydrogens is 269 g/mol. The van der Waals surface area contributed by atoms with Crippen LogP contribution in [0.1, 0.15) is 25.7 Å². The Kier molecular flexibility index (Phi) is 1.58. The predicted molar refractivity (Wildman–Crippen MR) is 62.2 cm³/mol. The van der Waals surface area contributed by atoms with Gasteiger partial charge in [0.15, 0.2) is 0 Å². The summed E-state index contributed by atoms with van der Waals surface area (Å²) in [4.78, 5) is 14.4. The molecule has 0 aromatic carbocycles. The predicted octanol–water partition coefficient (Wildman–Crippen LogP) is 1.00. The second kappa shape index (κ2) is 2.53. The van der Waals surface area contributed by atoms with Gasteiger partial charge in [-0.2, -0.15) is 0 Å². The van der Waals surface area contributed by atoms with E-state index in [0.29, 0.717) is 13.3 Å². The molecule has 2 aliphatic heterocycles. The number of nitrogens with zero attached hydrogens (tertiary/aromatic N) is 1. The number of ether oxygens (including phenoxy) is 1. The van der Waals surface area contributed by atoms with E-state index in [9.17, 15) is 4.79 Å². The van der Waals surface area contributed by atoms with Gasteiger partial charge < -0.3 is 9.64 Å². The van der Waals surface area contributed by atoms with Gasteiger partial charge in [-0.3, -0.25) is 4.79 Å². The van der Waals surface area contributed by atoms with E-state index in [1.165, 1.54) is 6.42 Å². The molecule has 4 fully saturated rings. The van der Waals surface area contributed by atoms with Gasteiger partial charge >= 0.3 is 0 Å². The number of halogens is 1. The highest BCUT2D eigenvalue weighted by Gasteiger charge is 2.89. The molecule has 2 radical (unpaired) electrons. The zero-order chi connectivity index (χ0) is 11.2. The lowest BCUT2D eigenvalue weighted by Crippen LogP contribution is -2.33. The molecule has 0 aromatic heterocycles. The van der Waals surface area contributed by atoms with Crippen LogP contribution in [0.15, 0.2) is 0 Å². The summed E-state index contributed by atoms with van der Waals surface area (Å²) in [5, 5.41) is 0. The molecular formula is C11H13BBrNO2. The number of hydrogen-bond acceptors (Lipinski definition) is 2. The molecule has 2 heterocycles. The number of amides is 1. The van der Waals surface area contributed by atoms with Gasteiger partial charge in [-0.25, -0.2) is 0 Å². The maximum absolute atomic E-state index is 12.5. The van der Waals surface area contributed by atoms with Crippen LogP contribution >= 0.6 is 15.9 Å². The van der Waals surface area contributed by atoms with Crippen LogP contribution < -0.4 is 0 Å². The van der Waals surface area contributed by atoms with Crippen LogP contribution in [0.3, 0.4) is 0 Å².